The van der Waals surface area contributed by atoms with Gasteiger partial charge >= 0.3 is 12.0 Å². The summed E-state index contributed by atoms with van der Waals surface area (Å²) in [5.74, 6) is -0.359. The van der Waals surface area contributed by atoms with Crippen LogP contribution < -0.4 is 10.6 Å². The summed E-state index contributed by atoms with van der Waals surface area (Å²) in [6, 6.07) is 5.50. The monoisotopic (exact) mass is 330 g/mol. The number of urea groups is 1. The van der Waals surface area contributed by atoms with Crippen LogP contribution in [0.5, 0.6) is 0 Å². The molecule has 116 valence electrons. The number of amides is 2. The minimum absolute atomic E-state index is 0.239. The summed E-state index contributed by atoms with van der Waals surface area (Å²) < 4.78 is 0. The Morgan fingerprint density at radius 2 is 1.90 bits per heavy atom. The standard InChI is InChI=1S/C14H19ClN2O3S/c1-9(10-3-5-11(15)6-4-10)16-14(20)17-12(13(18)19)7-8-21-2/h3-6,9,12H,7-8H2,1-2H3,(H,18,19)(H2,16,17,20). The minimum Gasteiger partial charge on any atom is -0.480 e. The first-order valence-corrected chi connectivity index (χ1v) is 8.25. The molecule has 7 heteroatoms. The zero-order chi connectivity index (χ0) is 15.8. The Morgan fingerprint density at radius 3 is 2.43 bits per heavy atom. The highest BCUT2D eigenvalue weighted by Gasteiger charge is 2.20. The van der Waals surface area contributed by atoms with Crippen molar-refractivity contribution in [2.24, 2.45) is 0 Å². The SMILES string of the molecule is CSCCC(NC(=O)NC(C)c1ccc(Cl)cc1)C(=O)O. The van der Waals surface area contributed by atoms with Gasteiger partial charge in [0.15, 0.2) is 0 Å². The van der Waals surface area contributed by atoms with E-state index in [0.717, 1.165) is 5.56 Å². The van der Waals surface area contributed by atoms with Crippen LogP contribution in [0.15, 0.2) is 24.3 Å². The van der Waals surface area contributed by atoms with Crippen molar-refractivity contribution in [1.82, 2.24) is 10.6 Å². The number of aliphatic carboxylic acids is 1. The van der Waals surface area contributed by atoms with Gasteiger partial charge in [0.2, 0.25) is 0 Å². The van der Waals surface area contributed by atoms with Crippen molar-refractivity contribution in [2.45, 2.75) is 25.4 Å². The van der Waals surface area contributed by atoms with E-state index in [1.807, 2.05) is 25.3 Å². The number of carbonyl (C=O) groups is 2. The van der Waals surface area contributed by atoms with Crippen molar-refractivity contribution in [3.63, 3.8) is 0 Å². The van der Waals surface area contributed by atoms with Crippen LogP contribution in [0.2, 0.25) is 5.02 Å². The lowest BCUT2D eigenvalue weighted by molar-refractivity contribution is -0.139. The molecule has 5 nitrogen and oxygen atoms in total. The fourth-order valence-corrected chi connectivity index (χ4v) is 2.32. The average Bonchev–Trinajstić information content (AvgIpc) is 2.43. The predicted molar refractivity (Wildman–Crippen MR) is 86.0 cm³/mol. The van der Waals surface area contributed by atoms with E-state index in [2.05, 4.69) is 10.6 Å². The molecule has 2 atom stereocenters. The highest BCUT2D eigenvalue weighted by molar-refractivity contribution is 7.98. The van der Waals surface area contributed by atoms with Crippen LogP contribution in [0, 0.1) is 0 Å². The number of rotatable bonds is 7. The molecule has 0 spiro atoms. The summed E-state index contributed by atoms with van der Waals surface area (Å²) in [4.78, 5) is 22.9. The largest absolute Gasteiger partial charge is 0.480 e. The number of hydrogen-bond donors (Lipinski definition) is 3. The lowest BCUT2D eigenvalue weighted by atomic mass is 10.1. The fourth-order valence-electron chi connectivity index (χ4n) is 1.72. The fraction of sp³-hybridized carbons (Fsp3) is 0.429. The summed E-state index contributed by atoms with van der Waals surface area (Å²) >= 11 is 7.35. The summed E-state index contributed by atoms with van der Waals surface area (Å²) in [5, 5.41) is 14.9. The van der Waals surface area contributed by atoms with Crippen LogP contribution in [-0.2, 0) is 4.79 Å². The van der Waals surface area contributed by atoms with E-state index in [-0.39, 0.29) is 6.04 Å². The molecule has 0 aliphatic heterocycles. The van der Waals surface area contributed by atoms with E-state index in [9.17, 15) is 9.59 Å². The van der Waals surface area contributed by atoms with Gasteiger partial charge in [-0.15, -0.1) is 0 Å². The highest BCUT2D eigenvalue weighted by atomic mass is 35.5. The Kier molecular flexibility index (Phi) is 7.39. The molecular weight excluding hydrogens is 312 g/mol. The molecule has 3 N–H and O–H groups in total. The topological polar surface area (TPSA) is 78.4 Å². The molecule has 0 aliphatic rings. The number of halogens is 1. The first-order valence-electron chi connectivity index (χ1n) is 6.48. The molecule has 2 unspecified atom stereocenters. The van der Waals surface area contributed by atoms with Crippen molar-refractivity contribution in [3.05, 3.63) is 34.9 Å². The number of benzene rings is 1. The normalized spacial score (nSPS) is 13.3. The molecule has 0 saturated heterocycles. The molecule has 0 radical (unpaired) electrons. The minimum atomic E-state index is -1.03. The zero-order valence-electron chi connectivity index (χ0n) is 11.9. The van der Waals surface area contributed by atoms with Gasteiger partial charge in [-0.1, -0.05) is 23.7 Å². The van der Waals surface area contributed by atoms with Crippen LogP contribution in [0.1, 0.15) is 24.9 Å². The number of carboxylic acid groups (broad SMARTS) is 1. The molecule has 0 fully saturated rings. The smallest absolute Gasteiger partial charge is 0.326 e. The van der Waals surface area contributed by atoms with E-state index in [1.54, 1.807) is 12.1 Å². The molecule has 0 saturated carbocycles. The van der Waals surface area contributed by atoms with E-state index in [4.69, 9.17) is 16.7 Å². The predicted octanol–water partition coefficient (Wildman–Crippen LogP) is 2.91. The number of hydrogen-bond acceptors (Lipinski definition) is 3. The maximum absolute atomic E-state index is 11.9. The summed E-state index contributed by atoms with van der Waals surface area (Å²) in [6.45, 7) is 1.82. The lowest BCUT2D eigenvalue weighted by Crippen LogP contribution is -2.46. The molecule has 2 amide bonds. The van der Waals surface area contributed by atoms with Gasteiger partial charge in [0.1, 0.15) is 6.04 Å². The Balaban J connectivity index is 2.54. The van der Waals surface area contributed by atoms with Crippen molar-refractivity contribution >= 4 is 35.4 Å². The third-order valence-electron chi connectivity index (χ3n) is 2.93. The Morgan fingerprint density at radius 1 is 1.29 bits per heavy atom. The van der Waals surface area contributed by atoms with Crippen molar-refractivity contribution < 1.29 is 14.7 Å². The summed E-state index contributed by atoms with van der Waals surface area (Å²) in [5.41, 5.74) is 0.894. The van der Waals surface area contributed by atoms with Gasteiger partial charge in [0.05, 0.1) is 6.04 Å². The van der Waals surface area contributed by atoms with E-state index >= 15 is 0 Å². The third-order valence-corrected chi connectivity index (χ3v) is 3.83. The Bertz CT molecular complexity index is 482. The van der Waals surface area contributed by atoms with Gasteiger partial charge in [-0.2, -0.15) is 11.8 Å². The molecule has 21 heavy (non-hydrogen) atoms. The molecule has 0 aliphatic carbocycles. The molecule has 0 bridgehead atoms. The first kappa shape index (κ1) is 17.7. The molecule has 1 rings (SSSR count). The Hall–Kier alpha value is -1.40. The van der Waals surface area contributed by atoms with Crippen molar-refractivity contribution in [3.8, 4) is 0 Å². The van der Waals surface area contributed by atoms with E-state index in [1.165, 1.54) is 11.8 Å². The molecule has 1 aromatic rings. The maximum Gasteiger partial charge on any atom is 0.326 e. The van der Waals surface area contributed by atoms with Gasteiger partial charge < -0.3 is 15.7 Å². The molecule has 0 aromatic heterocycles. The van der Waals surface area contributed by atoms with Crippen LogP contribution in [0.4, 0.5) is 4.79 Å². The second-order valence-corrected chi connectivity index (χ2v) is 5.99. The quantitative estimate of drug-likeness (QED) is 0.718. The van der Waals surface area contributed by atoms with Gasteiger partial charge in [-0.05, 0) is 43.0 Å². The second kappa shape index (κ2) is 8.79. The van der Waals surface area contributed by atoms with Crippen LogP contribution in [-0.4, -0.2) is 35.2 Å². The lowest BCUT2D eigenvalue weighted by Gasteiger charge is -2.18. The first-order chi connectivity index (χ1) is 9.93. The number of carbonyl (C=O) groups excluding carboxylic acids is 1. The highest BCUT2D eigenvalue weighted by Crippen LogP contribution is 2.15. The third kappa shape index (κ3) is 6.27. The number of carboxylic acids is 1. The second-order valence-electron chi connectivity index (χ2n) is 4.56. The van der Waals surface area contributed by atoms with Crippen LogP contribution in [0.25, 0.3) is 0 Å². The van der Waals surface area contributed by atoms with Crippen LogP contribution >= 0.6 is 23.4 Å². The molecule has 0 heterocycles. The van der Waals surface area contributed by atoms with Gasteiger partial charge in [-0.3, -0.25) is 0 Å². The van der Waals surface area contributed by atoms with Crippen molar-refractivity contribution in [1.29, 1.82) is 0 Å². The van der Waals surface area contributed by atoms with Gasteiger partial charge in [0.25, 0.3) is 0 Å². The van der Waals surface area contributed by atoms with E-state index in [0.29, 0.717) is 17.2 Å². The number of thioether (sulfide) groups is 1. The van der Waals surface area contributed by atoms with Gasteiger partial charge in [0, 0.05) is 5.02 Å². The summed E-state index contributed by atoms with van der Waals surface area (Å²) in [6.07, 6.45) is 2.28. The number of nitrogens with one attached hydrogen (secondary N) is 2. The van der Waals surface area contributed by atoms with Crippen LogP contribution in [0.3, 0.4) is 0 Å². The van der Waals surface area contributed by atoms with Crippen molar-refractivity contribution in [2.75, 3.05) is 12.0 Å². The summed E-state index contributed by atoms with van der Waals surface area (Å²) in [7, 11) is 0. The average molecular weight is 331 g/mol. The Labute approximate surface area is 133 Å². The zero-order valence-corrected chi connectivity index (χ0v) is 13.5. The maximum atomic E-state index is 11.9. The van der Waals surface area contributed by atoms with Gasteiger partial charge in [-0.25, -0.2) is 9.59 Å². The molecular formula is C14H19ClN2O3S. The van der Waals surface area contributed by atoms with E-state index < -0.39 is 18.0 Å². The molecule has 1 aromatic carbocycles.